The molecule has 0 atom stereocenters. The van der Waals surface area contributed by atoms with Crippen molar-refractivity contribution in [3.63, 3.8) is 0 Å². The van der Waals surface area contributed by atoms with Crippen molar-refractivity contribution in [3.05, 3.63) is 47.7 Å². The van der Waals surface area contributed by atoms with Crippen LogP contribution in [0.25, 0.3) is 22.0 Å². The number of carbonyl (C=O) groups is 1. The number of hydrogen-bond acceptors (Lipinski definition) is 8. The highest BCUT2D eigenvalue weighted by atomic mass is 32.2. The zero-order chi connectivity index (χ0) is 22.5. The van der Waals surface area contributed by atoms with Gasteiger partial charge in [0.2, 0.25) is 10.0 Å². The molecule has 0 saturated carbocycles. The van der Waals surface area contributed by atoms with Crippen LogP contribution in [0.2, 0.25) is 0 Å². The number of amides is 1. The van der Waals surface area contributed by atoms with E-state index in [1.54, 1.807) is 55.3 Å². The molecule has 0 bridgehead atoms. The van der Waals surface area contributed by atoms with Crippen molar-refractivity contribution < 1.29 is 22.4 Å². The third-order valence-corrected chi connectivity index (χ3v) is 8.15. The first-order chi connectivity index (χ1) is 15.4. The Hall–Kier alpha value is -3.02. The molecule has 1 amide bonds. The molecule has 32 heavy (non-hydrogen) atoms. The number of benzene rings is 2. The number of furan rings is 1. The zero-order valence-corrected chi connectivity index (χ0v) is 19.1. The third kappa shape index (κ3) is 3.33. The van der Waals surface area contributed by atoms with Gasteiger partial charge in [-0.25, -0.2) is 8.42 Å². The summed E-state index contributed by atoms with van der Waals surface area (Å²) in [4.78, 5) is 15.1. The second kappa shape index (κ2) is 7.84. The Balaban J connectivity index is 1.38. The standard InChI is InChI=1S/C21H20N4O5S2/c1-13-19(15-12-14(29-2)6-7-17(15)30-13)21(26)24-8-10-25(11-9-24)32(27,28)18-5-3-4-16-20(18)23-31-22-16/h3-7,12H,8-11H2,1-2H3. The molecular formula is C21H20N4O5S2. The van der Waals surface area contributed by atoms with Gasteiger partial charge in [0, 0.05) is 31.6 Å². The van der Waals surface area contributed by atoms with Crippen molar-refractivity contribution in [1.29, 1.82) is 0 Å². The molecule has 2 aromatic carbocycles. The van der Waals surface area contributed by atoms with Crippen LogP contribution in [-0.4, -0.2) is 65.6 Å². The van der Waals surface area contributed by atoms with Gasteiger partial charge in [0.15, 0.2) is 0 Å². The van der Waals surface area contributed by atoms with Crippen LogP contribution in [0, 0.1) is 6.92 Å². The van der Waals surface area contributed by atoms with Crippen molar-refractivity contribution in [1.82, 2.24) is 18.0 Å². The van der Waals surface area contributed by atoms with Gasteiger partial charge in [0.25, 0.3) is 5.91 Å². The minimum absolute atomic E-state index is 0.146. The molecule has 11 heteroatoms. The molecule has 4 aromatic rings. The molecule has 1 aliphatic heterocycles. The van der Waals surface area contributed by atoms with Crippen LogP contribution >= 0.6 is 11.7 Å². The van der Waals surface area contributed by atoms with Gasteiger partial charge < -0.3 is 14.1 Å². The van der Waals surface area contributed by atoms with E-state index in [9.17, 15) is 13.2 Å². The molecule has 166 valence electrons. The number of fused-ring (bicyclic) bond motifs is 2. The van der Waals surface area contributed by atoms with Crippen molar-refractivity contribution >= 4 is 49.7 Å². The van der Waals surface area contributed by atoms with E-state index in [0.29, 0.717) is 39.1 Å². The van der Waals surface area contributed by atoms with Crippen molar-refractivity contribution in [2.24, 2.45) is 0 Å². The molecule has 3 heterocycles. The van der Waals surface area contributed by atoms with Gasteiger partial charge in [0.1, 0.15) is 33.0 Å². The summed E-state index contributed by atoms with van der Waals surface area (Å²) in [6, 6.07) is 10.3. The van der Waals surface area contributed by atoms with E-state index < -0.39 is 10.0 Å². The van der Waals surface area contributed by atoms with Crippen LogP contribution in [-0.2, 0) is 10.0 Å². The highest BCUT2D eigenvalue weighted by Crippen LogP contribution is 2.31. The van der Waals surface area contributed by atoms with Crippen molar-refractivity contribution in [2.45, 2.75) is 11.8 Å². The van der Waals surface area contributed by atoms with Gasteiger partial charge in [-0.3, -0.25) is 4.79 Å². The first-order valence-corrected chi connectivity index (χ1v) is 12.1. The summed E-state index contributed by atoms with van der Waals surface area (Å²) in [7, 11) is -2.18. The Morgan fingerprint density at radius 1 is 1.12 bits per heavy atom. The smallest absolute Gasteiger partial charge is 0.258 e. The number of methoxy groups -OCH3 is 1. The fraction of sp³-hybridized carbons (Fsp3) is 0.286. The van der Waals surface area contributed by atoms with Crippen LogP contribution in [0.15, 0.2) is 45.7 Å². The molecule has 0 unspecified atom stereocenters. The summed E-state index contributed by atoms with van der Waals surface area (Å²) >= 11 is 0.984. The van der Waals surface area contributed by atoms with Crippen molar-refractivity contribution in [2.75, 3.05) is 33.3 Å². The van der Waals surface area contributed by atoms with Gasteiger partial charge in [-0.2, -0.15) is 13.1 Å². The summed E-state index contributed by atoms with van der Waals surface area (Å²) in [5.41, 5.74) is 2.03. The average molecular weight is 473 g/mol. The molecule has 0 radical (unpaired) electrons. The van der Waals surface area contributed by atoms with Crippen molar-refractivity contribution in [3.8, 4) is 5.75 Å². The predicted molar refractivity (Wildman–Crippen MR) is 120 cm³/mol. The third-order valence-electron chi connectivity index (χ3n) is 5.68. The highest BCUT2D eigenvalue weighted by Gasteiger charge is 2.33. The van der Waals surface area contributed by atoms with E-state index in [4.69, 9.17) is 9.15 Å². The number of nitrogens with zero attached hydrogens (tertiary/aromatic N) is 4. The number of piperazine rings is 1. The Kier molecular flexibility index (Phi) is 5.11. The van der Waals surface area contributed by atoms with E-state index in [0.717, 1.165) is 11.7 Å². The summed E-state index contributed by atoms with van der Waals surface area (Å²) in [5.74, 6) is 0.974. The van der Waals surface area contributed by atoms with E-state index >= 15 is 0 Å². The van der Waals surface area contributed by atoms with Crippen LogP contribution in [0.3, 0.4) is 0 Å². The maximum absolute atomic E-state index is 13.3. The summed E-state index contributed by atoms with van der Waals surface area (Å²) in [6.07, 6.45) is 0. The van der Waals surface area contributed by atoms with Crippen LogP contribution in [0.1, 0.15) is 16.1 Å². The molecular weight excluding hydrogens is 452 g/mol. The molecule has 1 aliphatic rings. The minimum atomic E-state index is -3.75. The lowest BCUT2D eigenvalue weighted by Crippen LogP contribution is -2.50. The number of carbonyl (C=O) groups excluding carboxylic acids is 1. The van der Waals surface area contributed by atoms with Crippen LogP contribution < -0.4 is 4.74 Å². The van der Waals surface area contributed by atoms with E-state index in [1.165, 1.54) is 4.31 Å². The minimum Gasteiger partial charge on any atom is -0.497 e. The largest absolute Gasteiger partial charge is 0.497 e. The van der Waals surface area contributed by atoms with Gasteiger partial charge >= 0.3 is 0 Å². The van der Waals surface area contributed by atoms with E-state index in [2.05, 4.69) is 8.75 Å². The normalized spacial score (nSPS) is 15.5. The molecule has 0 spiro atoms. The van der Waals surface area contributed by atoms with Crippen LogP contribution in [0.4, 0.5) is 0 Å². The number of aryl methyl sites for hydroxylation is 1. The van der Waals surface area contributed by atoms with E-state index in [1.807, 2.05) is 0 Å². The summed E-state index contributed by atoms with van der Waals surface area (Å²) in [6.45, 7) is 2.70. The zero-order valence-electron chi connectivity index (χ0n) is 17.4. The van der Waals surface area contributed by atoms with Gasteiger partial charge in [-0.1, -0.05) is 6.07 Å². The van der Waals surface area contributed by atoms with Crippen LogP contribution in [0.5, 0.6) is 5.75 Å². The Labute approximate surface area is 188 Å². The fourth-order valence-electron chi connectivity index (χ4n) is 4.01. The average Bonchev–Trinajstić information content (AvgIpc) is 3.41. The van der Waals surface area contributed by atoms with E-state index in [-0.39, 0.29) is 37.0 Å². The molecule has 0 N–H and O–H groups in total. The summed E-state index contributed by atoms with van der Waals surface area (Å²) in [5, 5.41) is 0.685. The lowest BCUT2D eigenvalue weighted by atomic mass is 10.1. The second-order valence-electron chi connectivity index (χ2n) is 7.48. The lowest BCUT2D eigenvalue weighted by molar-refractivity contribution is 0.0698. The van der Waals surface area contributed by atoms with Gasteiger partial charge in [0.05, 0.1) is 24.4 Å². The number of aromatic nitrogens is 2. The topological polar surface area (TPSA) is 106 Å². The quantitative estimate of drug-likeness (QED) is 0.450. The second-order valence-corrected chi connectivity index (χ2v) is 9.91. The molecule has 1 fully saturated rings. The number of hydrogen-bond donors (Lipinski definition) is 0. The maximum atomic E-state index is 13.3. The molecule has 0 aliphatic carbocycles. The Morgan fingerprint density at radius 3 is 2.66 bits per heavy atom. The molecule has 2 aromatic heterocycles. The predicted octanol–water partition coefficient (Wildman–Crippen LogP) is 2.90. The first kappa shape index (κ1) is 20.9. The molecule has 9 nitrogen and oxygen atoms in total. The maximum Gasteiger partial charge on any atom is 0.258 e. The molecule has 5 rings (SSSR count). The first-order valence-electron chi connectivity index (χ1n) is 9.98. The number of sulfonamides is 1. The van der Waals surface area contributed by atoms with Gasteiger partial charge in [-0.15, -0.1) is 0 Å². The van der Waals surface area contributed by atoms with Gasteiger partial charge in [-0.05, 0) is 37.3 Å². The lowest BCUT2D eigenvalue weighted by Gasteiger charge is -2.34. The Bertz CT molecular complexity index is 1440. The summed E-state index contributed by atoms with van der Waals surface area (Å²) < 4.78 is 47.2. The SMILES string of the molecule is COc1ccc2oc(C)c(C(=O)N3CCN(S(=O)(=O)c4cccc5nsnc45)CC3)c2c1. The monoisotopic (exact) mass is 472 g/mol. The number of ether oxygens (including phenoxy) is 1. The highest BCUT2D eigenvalue weighted by molar-refractivity contribution is 7.89. The fourth-order valence-corrected chi connectivity index (χ4v) is 6.18. The number of rotatable bonds is 4. The molecule has 1 saturated heterocycles. The Morgan fingerprint density at radius 2 is 1.91 bits per heavy atom.